The molecule has 1 aromatic heterocycles. The second-order valence-corrected chi connectivity index (χ2v) is 10.4. The van der Waals surface area contributed by atoms with Gasteiger partial charge in [0, 0.05) is 17.9 Å². The molecule has 3 atom stereocenters. The van der Waals surface area contributed by atoms with Crippen molar-refractivity contribution in [3.05, 3.63) is 59.4 Å². The maximum Gasteiger partial charge on any atom is 1.00 e. The summed E-state index contributed by atoms with van der Waals surface area (Å²) in [5.74, 6) is -4.27. The number of thioether (sulfide) groups is 1. The summed E-state index contributed by atoms with van der Waals surface area (Å²) < 4.78 is 4.68. The number of nitrogens with zero attached hydrogens (tertiary/aromatic N) is 4. The third-order valence-electron chi connectivity index (χ3n) is 6.50. The molecule has 4 rings (SSSR count). The number of primary amides is 2. The number of hydrogen-bond donors (Lipinski definition) is 6. The van der Waals surface area contributed by atoms with Crippen molar-refractivity contribution in [1.82, 2.24) is 20.2 Å². The van der Waals surface area contributed by atoms with Crippen LogP contribution in [0.25, 0.3) is 0 Å². The van der Waals surface area contributed by atoms with E-state index in [-0.39, 0.29) is 63.8 Å². The third kappa shape index (κ3) is 7.59. The molecule has 0 bridgehead atoms. The normalized spacial score (nSPS) is 17.8. The van der Waals surface area contributed by atoms with E-state index in [1.165, 1.54) is 24.3 Å². The van der Waals surface area contributed by atoms with Crippen LogP contribution in [0.1, 0.15) is 18.5 Å². The Labute approximate surface area is 282 Å². The second-order valence-electron chi connectivity index (χ2n) is 9.30. The van der Waals surface area contributed by atoms with E-state index < -0.39 is 65.5 Å². The van der Waals surface area contributed by atoms with E-state index in [2.05, 4.69) is 25.3 Å². The van der Waals surface area contributed by atoms with Gasteiger partial charge < -0.3 is 47.0 Å². The Morgan fingerprint density at radius 2 is 1.93 bits per heavy atom. The standard InChI is InChI=1S/C26H28N8O9S.Na/c1-2-3-8-29-26-30-9-15(19(36)32-26)33(24(27)41)17(12-4-6-14(35)7-5-12)20(37)31-16-21(38)34-18(23(39)40)13(10-43-25(28)42)11-44-22(16)34;/h2-7,9,16-17,22,35H,8,10-11H2,1H3,(H2,27,41)(H2,28,42)(H,31,37)(H,39,40)(H2,29,30,32,36);/q;+1/p-1/t16?,17?,22-;/m0./s1. The Bertz CT molecular complexity index is 1560. The number of allylic oxidation sites excluding steroid dienone is 1. The Kier molecular flexibility index (Phi) is 11.6. The smallest absolute Gasteiger partial charge is 0.543 e. The molecule has 1 aromatic carbocycles. The first-order valence-electron chi connectivity index (χ1n) is 12.8. The van der Waals surface area contributed by atoms with Gasteiger partial charge in [-0.25, -0.2) is 14.6 Å². The van der Waals surface area contributed by atoms with Crippen molar-refractivity contribution in [2.45, 2.75) is 24.4 Å². The summed E-state index contributed by atoms with van der Waals surface area (Å²) >= 11 is 1.08. The number of β-lactam (4-membered cyclic amide) rings is 1. The zero-order chi connectivity index (χ0) is 32.1. The molecule has 1 fully saturated rings. The number of hydrogen-bond acceptors (Lipinski definition) is 13. The predicted molar refractivity (Wildman–Crippen MR) is 153 cm³/mol. The van der Waals surface area contributed by atoms with Crippen LogP contribution in [-0.2, 0) is 19.1 Å². The van der Waals surface area contributed by atoms with Gasteiger partial charge in [-0.2, -0.15) is 4.98 Å². The zero-order valence-corrected chi connectivity index (χ0v) is 26.8. The molecular weight excluding hydrogens is 623 g/mol. The van der Waals surface area contributed by atoms with Crippen molar-refractivity contribution >= 4 is 53.3 Å². The van der Waals surface area contributed by atoms with Gasteiger partial charge in [-0.15, -0.1) is 11.8 Å². The maximum atomic E-state index is 13.8. The number of carboxylic acids is 1. The largest absolute Gasteiger partial charge is 1.00 e. The fourth-order valence-electron chi connectivity index (χ4n) is 4.52. The fraction of sp³-hybridized carbons (Fsp3) is 0.269. The van der Waals surface area contributed by atoms with Crippen molar-refractivity contribution < 1.29 is 73.6 Å². The molecule has 2 aliphatic rings. The molecule has 2 aliphatic heterocycles. The summed E-state index contributed by atoms with van der Waals surface area (Å²) in [6.45, 7) is 1.67. The van der Waals surface area contributed by atoms with Crippen LogP contribution in [-0.4, -0.2) is 85.3 Å². The van der Waals surface area contributed by atoms with E-state index in [9.17, 15) is 39.3 Å². The van der Waals surface area contributed by atoms with Crippen LogP contribution in [0.15, 0.2) is 53.9 Å². The average molecular weight is 651 g/mol. The Balaban J connectivity index is 0.00000552. The number of rotatable bonds is 11. The van der Waals surface area contributed by atoms with Gasteiger partial charge in [-0.3, -0.25) is 19.4 Å². The van der Waals surface area contributed by atoms with Crippen LogP contribution in [0.3, 0.4) is 0 Å². The minimum absolute atomic E-state index is 0. The van der Waals surface area contributed by atoms with Gasteiger partial charge in [0.1, 0.15) is 35.5 Å². The number of aliphatic carboxylic acids is 1. The molecule has 0 radical (unpaired) electrons. The maximum absolute atomic E-state index is 13.8. The van der Waals surface area contributed by atoms with Gasteiger partial charge in [0.2, 0.25) is 17.7 Å². The third-order valence-corrected chi connectivity index (χ3v) is 7.84. The van der Waals surface area contributed by atoms with Gasteiger partial charge in [-0.1, -0.05) is 24.3 Å². The summed E-state index contributed by atoms with van der Waals surface area (Å²) in [5.41, 5.74) is 9.98. The molecular formula is C26H27N8NaO9S. The van der Waals surface area contributed by atoms with E-state index in [4.69, 9.17) is 11.5 Å². The number of aromatic hydroxyl groups is 2. The monoisotopic (exact) mass is 650 g/mol. The number of nitrogens with one attached hydrogen (secondary N) is 2. The average Bonchev–Trinajstić information content (AvgIpc) is 2.97. The van der Waals surface area contributed by atoms with E-state index in [0.29, 0.717) is 11.4 Å². The molecule has 2 aromatic rings. The fourth-order valence-corrected chi connectivity index (χ4v) is 5.85. The van der Waals surface area contributed by atoms with Gasteiger partial charge in [0.25, 0.3) is 5.91 Å². The van der Waals surface area contributed by atoms with E-state index >= 15 is 0 Å². The molecule has 0 aliphatic carbocycles. The number of carboxylic acid groups (broad SMARTS) is 1. The summed E-state index contributed by atoms with van der Waals surface area (Å²) in [6.07, 6.45) is 3.48. The Morgan fingerprint density at radius 3 is 2.51 bits per heavy atom. The van der Waals surface area contributed by atoms with Crippen LogP contribution in [0.2, 0.25) is 0 Å². The molecule has 45 heavy (non-hydrogen) atoms. The van der Waals surface area contributed by atoms with Crippen LogP contribution in [0.4, 0.5) is 21.2 Å². The topological polar surface area (TPSA) is 266 Å². The first kappa shape index (κ1) is 35.0. The molecule has 5 amide bonds. The number of nitrogens with two attached hydrogens (primary N) is 2. The van der Waals surface area contributed by atoms with E-state index in [0.717, 1.165) is 22.9 Å². The number of carbonyl (C=O) groups excluding carboxylic acids is 5. The van der Waals surface area contributed by atoms with Crippen molar-refractivity contribution in [3.8, 4) is 11.6 Å². The molecule has 17 nitrogen and oxygen atoms in total. The summed E-state index contributed by atoms with van der Waals surface area (Å²) in [7, 11) is 0. The Hall–Kier alpha value is -4.52. The van der Waals surface area contributed by atoms with Gasteiger partial charge in [0.15, 0.2) is 0 Å². The number of phenols is 1. The second kappa shape index (κ2) is 15.0. The first-order valence-corrected chi connectivity index (χ1v) is 13.9. The van der Waals surface area contributed by atoms with Gasteiger partial charge in [0.05, 0.1) is 17.9 Å². The molecule has 232 valence electrons. The van der Waals surface area contributed by atoms with Crippen molar-refractivity contribution in [2.24, 2.45) is 11.5 Å². The predicted octanol–water partition coefficient (Wildman–Crippen LogP) is -3.99. The number of carbonyl (C=O) groups is 5. The number of urea groups is 1. The minimum atomic E-state index is -1.70. The molecule has 2 unspecified atom stereocenters. The van der Waals surface area contributed by atoms with Crippen molar-refractivity contribution in [3.63, 3.8) is 0 Å². The van der Waals surface area contributed by atoms with Crippen LogP contribution in [0, 0.1) is 0 Å². The number of ether oxygens (including phenoxy) is 1. The molecule has 3 heterocycles. The quantitative estimate of drug-likeness (QED) is 0.0770. The number of fused-ring (bicyclic) bond motifs is 1. The number of phenolic OH excluding ortho intramolecular Hbond substituents is 1. The van der Waals surface area contributed by atoms with Crippen LogP contribution >= 0.6 is 11.8 Å². The molecule has 19 heteroatoms. The summed E-state index contributed by atoms with van der Waals surface area (Å²) in [6, 6.07) is 1.09. The molecule has 0 spiro atoms. The summed E-state index contributed by atoms with van der Waals surface area (Å²) in [4.78, 5) is 72.2. The Morgan fingerprint density at radius 1 is 1.24 bits per heavy atom. The minimum Gasteiger partial charge on any atom is -0.543 e. The number of anilines is 2. The van der Waals surface area contributed by atoms with Crippen molar-refractivity contribution in [1.29, 1.82) is 0 Å². The molecule has 0 saturated carbocycles. The van der Waals surface area contributed by atoms with Gasteiger partial charge in [-0.05, 0) is 24.6 Å². The van der Waals surface area contributed by atoms with Gasteiger partial charge >= 0.3 is 41.7 Å². The summed E-state index contributed by atoms with van der Waals surface area (Å²) in [5, 5.41) is 36.9. The first-order chi connectivity index (χ1) is 20.9. The molecule has 8 N–H and O–H groups in total. The van der Waals surface area contributed by atoms with E-state index in [1.54, 1.807) is 12.2 Å². The number of amides is 5. The SMILES string of the molecule is CC=CCNc1ncc(N(C(N)=O)C(C(=O)NC2C(=O)N3C(C(=O)[O-])=C(COC(N)=O)CS[C@@H]23)c2ccc(O)cc2)c(O)n1.[Na+]. The van der Waals surface area contributed by atoms with E-state index in [1.807, 2.05) is 6.92 Å². The van der Waals surface area contributed by atoms with Crippen molar-refractivity contribution in [2.75, 3.05) is 29.1 Å². The molecule has 1 saturated heterocycles. The number of benzene rings is 1. The number of aromatic nitrogens is 2. The van der Waals surface area contributed by atoms with Crippen LogP contribution < -0.4 is 61.7 Å². The van der Waals surface area contributed by atoms with Crippen LogP contribution in [0.5, 0.6) is 11.6 Å². The zero-order valence-electron chi connectivity index (χ0n) is 24.0.